The van der Waals surface area contributed by atoms with E-state index >= 15 is 0 Å². The Hall–Kier alpha value is -3.46. The molecule has 154 valence electrons. The summed E-state index contributed by atoms with van der Waals surface area (Å²) < 4.78 is 0. The molecule has 2 bridgehead atoms. The van der Waals surface area contributed by atoms with Crippen LogP contribution in [0.2, 0.25) is 0 Å². The van der Waals surface area contributed by atoms with Gasteiger partial charge in [-0.2, -0.15) is 0 Å². The summed E-state index contributed by atoms with van der Waals surface area (Å²) in [6, 6.07) is 18.4. The molecule has 0 saturated heterocycles. The molecule has 0 fully saturated rings. The topological polar surface area (TPSA) is 45.2 Å². The Bertz CT molecular complexity index is 1330. The molecule has 2 aliphatic rings. The number of H-pyrrole nitrogens is 1. The Morgan fingerprint density at radius 2 is 1.94 bits per heavy atom. The lowest BCUT2D eigenvalue weighted by Gasteiger charge is -2.45. The summed E-state index contributed by atoms with van der Waals surface area (Å²) in [4.78, 5) is 20.2. The second-order valence-corrected chi connectivity index (χ2v) is 8.53. The van der Waals surface area contributed by atoms with Crippen molar-refractivity contribution in [3.63, 3.8) is 0 Å². The molecule has 0 spiro atoms. The number of rotatable bonds is 3. The fourth-order valence-corrected chi connectivity index (χ4v) is 5.37. The Balaban J connectivity index is 1.57. The molecule has 1 N–H and O–H groups in total. The Morgan fingerprint density at radius 1 is 1.10 bits per heavy atom. The number of fused-ring (bicyclic) bond motifs is 5. The number of allylic oxidation sites excluding steroid dienone is 3. The molecule has 0 amide bonds. The quantitative estimate of drug-likeness (QED) is 0.422. The van der Waals surface area contributed by atoms with Crippen molar-refractivity contribution in [3.8, 4) is 0 Å². The fourth-order valence-electron chi connectivity index (χ4n) is 5.37. The highest BCUT2D eigenvalue weighted by atomic mass is 16.1. The second kappa shape index (κ2) is 7.66. The van der Waals surface area contributed by atoms with E-state index in [4.69, 9.17) is 4.99 Å². The molecule has 2 aliphatic carbocycles. The van der Waals surface area contributed by atoms with Crippen LogP contribution in [0.3, 0.4) is 0 Å². The third-order valence-corrected chi connectivity index (χ3v) is 6.56. The molecule has 1 aromatic heterocycles. The zero-order valence-electron chi connectivity index (χ0n) is 17.9. The summed E-state index contributed by atoms with van der Waals surface area (Å²) in [6.07, 6.45) is 12.3. The van der Waals surface area contributed by atoms with Crippen molar-refractivity contribution in [2.75, 3.05) is 0 Å². The van der Waals surface area contributed by atoms with Crippen LogP contribution in [0.1, 0.15) is 37.1 Å². The minimum atomic E-state index is -0.445. The largest absolute Gasteiger partial charge is 0.326 e. The minimum Gasteiger partial charge on any atom is -0.326 e. The van der Waals surface area contributed by atoms with E-state index in [1.165, 1.54) is 27.5 Å². The highest BCUT2D eigenvalue weighted by Gasteiger charge is 2.46. The SMILES string of the molecule is C/C=C1\C2C=C(C)CC1(/N=C/C=C/c1cccc3ccccc13)c1ccc(=O)[nH]c1C2. The van der Waals surface area contributed by atoms with Gasteiger partial charge >= 0.3 is 0 Å². The molecule has 3 nitrogen and oxygen atoms in total. The third-order valence-electron chi connectivity index (χ3n) is 6.56. The monoisotopic (exact) mass is 406 g/mol. The number of hydrogen-bond donors (Lipinski definition) is 1. The van der Waals surface area contributed by atoms with E-state index < -0.39 is 5.54 Å². The predicted molar refractivity (Wildman–Crippen MR) is 130 cm³/mol. The first-order chi connectivity index (χ1) is 15.1. The first kappa shape index (κ1) is 19.5. The fraction of sp³-hybridized carbons (Fsp3) is 0.214. The first-order valence-electron chi connectivity index (χ1n) is 10.9. The van der Waals surface area contributed by atoms with Gasteiger partial charge in [-0.05, 0) is 54.3 Å². The summed E-state index contributed by atoms with van der Waals surface area (Å²) in [7, 11) is 0. The Morgan fingerprint density at radius 3 is 2.81 bits per heavy atom. The van der Waals surface area contributed by atoms with Gasteiger partial charge in [-0.15, -0.1) is 0 Å². The molecule has 0 radical (unpaired) electrons. The maximum absolute atomic E-state index is 12.0. The van der Waals surface area contributed by atoms with Crippen molar-refractivity contribution in [2.45, 2.75) is 32.2 Å². The number of hydrogen-bond acceptors (Lipinski definition) is 2. The lowest BCUT2D eigenvalue weighted by atomic mass is 9.63. The van der Waals surface area contributed by atoms with Crippen LogP contribution < -0.4 is 5.56 Å². The van der Waals surface area contributed by atoms with Gasteiger partial charge < -0.3 is 4.98 Å². The molecule has 0 saturated carbocycles. The van der Waals surface area contributed by atoms with Crippen molar-refractivity contribution < 1.29 is 0 Å². The second-order valence-electron chi connectivity index (χ2n) is 8.53. The van der Waals surface area contributed by atoms with Crippen LogP contribution in [0.25, 0.3) is 16.8 Å². The van der Waals surface area contributed by atoms with Crippen LogP contribution in [-0.4, -0.2) is 11.2 Å². The maximum Gasteiger partial charge on any atom is 0.248 e. The van der Waals surface area contributed by atoms with Gasteiger partial charge in [-0.1, -0.05) is 66.3 Å². The zero-order chi connectivity index (χ0) is 21.4. The smallest absolute Gasteiger partial charge is 0.248 e. The minimum absolute atomic E-state index is 0.0450. The van der Waals surface area contributed by atoms with E-state index in [-0.39, 0.29) is 11.5 Å². The normalized spacial score (nSPS) is 24.1. The molecule has 5 rings (SSSR count). The van der Waals surface area contributed by atoms with Crippen LogP contribution in [0.15, 0.2) is 93.8 Å². The molecule has 31 heavy (non-hydrogen) atoms. The average Bonchev–Trinajstić information content (AvgIpc) is 2.76. The van der Waals surface area contributed by atoms with Crippen LogP contribution in [0.5, 0.6) is 0 Å². The molecule has 2 aromatic carbocycles. The number of aromatic nitrogens is 1. The van der Waals surface area contributed by atoms with Crippen LogP contribution in [-0.2, 0) is 12.0 Å². The van der Waals surface area contributed by atoms with Crippen LogP contribution in [0, 0.1) is 5.92 Å². The average molecular weight is 407 g/mol. The lowest BCUT2D eigenvalue weighted by Crippen LogP contribution is -2.40. The van der Waals surface area contributed by atoms with Gasteiger partial charge in [0.05, 0.1) is 0 Å². The van der Waals surface area contributed by atoms with Gasteiger partial charge in [-0.25, -0.2) is 0 Å². The highest BCUT2D eigenvalue weighted by Crippen LogP contribution is 2.51. The summed E-state index contributed by atoms with van der Waals surface area (Å²) in [6.45, 7) is 4.29. The summed E-state index contributed by atoms with van der Waals surface area (Å²) in [5.41, 5.74) is 5.51. The van der Waals surface area contributed by atoms with Gasteiger partial charge in [0.25, 0.3) is 0 Å². The number of nitrogens with one attached hydrogen (secondary N) is 1. The highest BCUT2D eigenvalue weighted by molar-refractivity contribution is 5.92. The molecule has 1 heterocycles. The maximum atomic E-state index is 12.0. The van der Waals surface area contributed by atoms with Crippen molar-refractivity contribution >= 4 is 23.1 Å². The van der Waals surface area contributed by atoms with E-state index in [1.807, 2.05) is 18.4 Å². The standard InChI is InChI=1S/C28H26N2O/c1-3-24-22-16-19(2)18-28(24,25-13-14-27(31)30-26(25)17-22)29-15-7-11-21-10-6-9-20-8-4-5-12-23(20)21/h3-16,22H,17-18H2,1-2H3,(H,30,31)/b11-7+,24-3+,29-15+. The first-order valence-corrected chi connectivity index (χ1v) is 10.9. The van der Waals surface area contributed by atoms with E-state index in [0.717, 1.165) is 24.1 Å². The molecular formula is C28H26N2O. The summed E-state index contributed by atoms with van der Waals surface area (Å²) >= 11 is 0. The zero-order valence-corrected chi connectivity index (χ0v) is 17.9. The molecule has 3 heteroatoms. The van der Waals surface area contributed by atoms with Crippen LogP contribution in [0.4, 0.5) is 0 Å². The van der Waals surface area contributed by atoms with Gasteiger partial charge in [-0.3, -0.25) is 9.79 Å². The van der Waals surface area contributed by atoms with Crippen molar-refractivity contribution in [1.29, 1.82) is 0 Å². The number of aliphatic imine (C=N–C) groups is 1. The predicted octanol–water partition coefficient (Wildman–Crippen LogP) is 5.98. The molecule has 3 aromatic rings. The van der Waals surface area contributed by atoms with Gasteiger partial charge in [0.2, 0.25) is 5.56 Å². The number of aromatic amines is 1. The van der Waals surface area contributed by atoms with E-state index in [0.29, 0.717) is 0 Å². The van der Waals surface area contributed by atoms with Crippen molar-refractivity contribution in [1.82, 2.24) is 4.98 Å². The van der Waals surface area contributed by atoms with Gasteiger partial charge in [0, 0.05) is 35.9 Å². The molecule has 2 atom stereocenters. The van der Waals surface area contributed by atoms with Gasteiger partial charge in [0.15, 0.2) is 0 Å². The molecule has 0 aliphatic heterocycles. The summed E-state index contributed by atoms with van der Waals surface area (Å²) in [5.74, 6) is 0.281. The van der Waals surface area contributed by atoms with Crippen molar-refractivity contribution in [2.24, 2.45) is 10.9 Å². The lowest BCUT2D eigenvalue weighted by molar-refractivity contribution is 0.413. The Labute approximate surface area is 182 Å². The Kier molecular flexibility index (Phi) is 4.82. The summed E-state index contributed by atoms with van der Waals surface area (Å²) in [5, 5.41) is 2.47. The number of pyridine rings is 1. The third kappa shape index (κ3) is 3.31. The van der Waals surface area contributed by atoms with Crippen LogP contribution >= 0.6 is 0 Å². The van der Waals surface area contributed by atoms with Gasteiger partial charge in [0.1, 0.15) is 5.54 Å². The van der Waals surface area contributed by atoms with E-state index in [2.05, 4.69) is 79.5 Å². The van der Waals surface area contributed by atoms with E-state index in [9.17, 15) is 4.79 Å². The number of benzene rings is 2. The number of nitrogens with zero attached hydrogens (tertiary/aromatic N) is 1. The van der Waals surface area contributed by atoms with E-state index in [1.54, 1.807) is 6.07 Å². The molecule has 2 unspecified atom stereocenters. The van der Waals surface area contributed by atoms with Crippen molar-refractivity contribution in [3.05, 3.63) is 111 Å². The molecular weight excluding hydrogens is 380 g/mol.